The van der Waals surface area contributed by atoms with Crippen molar-refractivity contribution in [1.82, 2.24) is 20.2 Å². The van der Waals surface area contributed by atoms with Crippen molar-refractivity contribution in [2.75, 3.05) is 7.05 Å². The molecule has 0 aromatic carbocycles. The van der Waals surface area contributed by atoms with Gasteiger partial charge in [-0.3, -0.25) is 5.10 Å². The number of hydrogen-bond acceptors (Lipinski definition) is 5. The summed E-state index contributed by atoms with van der Waals surface area (Å²) in [6, 6.07) is 3.90. The lowest BCUT2D eigenvalue weighted by Crippen LogP contribution is -2.25. The minimum absolute atomic E-state index is 0.0672. The van der Waals surface area contributed by atoms with Gasteiger partial charge in [0.2, 0.25) is 0 Å². The fourth-order valence-corrected chi connectivity index (χ4v) is 3.97. The highest BCUT2D eigenvalue weighted by Gasteiger charge is 2.23. The highest BCUT2D eigenvalue weighted by Crippen LogP contribution is 2.18. The summed E-state index contributed by atoms with van der Waals surface area (Å²) in [6.45, 7) is 4.54. The van der Waals surface area contributed by atoms with Crippen LogP contribution in [0.1, 0.15) is 21.0 Å². The van der Waals surface area contributed by atoms with Gasteiger partial charge >= 0.3 is 0 Å². The first kappa shape index (κ1) is 15.2. The number of aryl methyl sites for hydroxylation is 2. The monoisotopic (exact) mass is 314 g/mol. The molecule has 3 N–H and O–H groups in total. The van der Waals surface area contributed by atoms with E-state index in [2.05, 4.69) is 20.2 Å². The zero-order valence-electron chi connectivity index (χ0n) is 11.6. The zero-order valence-corrected chi connectivity index (χ0v) is 13.3. The molecule has 2 aromatic heterocycles. The summed E-state index contributed by atoms with van der Waals surface area (Å²) in [5, 5.41) is 9.65. The van der Waals surface area contributed by atoms with E-state index in [1.807, 2.05) is 19.1 Å². The van der Waals surface area contributed by atoms with Gasteiger partial charge in [0.1, 0.15) is 0 Å². The van der Waals surface area contributed by atoms with Crippen LogP contribution in [0.15, 0.2) is 17.2 Å². The Morgan fingerprint density at radius 2 is 2.05 bits per heavy atom. The Morgan fingerprint density at radius 3 is 2.65 bits per heavy atom. The lowest BCUT2D eigenvalue weighted by atomic mass is 10.3. The second-order valence-electron chi connectivity index (χ2n) is 4.50. The van der Waals surface area contributed by atoms with Gasteiger partial charge in [0.25, 0.3) is 10.0 Å². The summed E-state index contributed by atoms with van der Waals surface area (Å²) in [4.78, 5) is 2.14. The van der Waals surface area contributed by atoms with E-state index in [0.717, 1.165) is 15.4 Å². The number of nitrogens with one attached hydrogen (secondary N) is 3. The van der Waals surface area contributed by atoms with Gasteiger partial charge in [-0.15, -0.1) is 11.3 Å². The third kappa shape index (κ3) is 3.26. The van der Waals surface area contributed by atoms with Gasteiger partial charge in [-0.1, -0.05) is 0 Å². The molecule has 2 rings (SSSR count). The van der Waals surface area contributed by atoms with Crippen LogP contribution in [0.3, 0.4) is 0 Å². The highest BCUT2D eigenvalue weighted by molar-refractivity contribution is 7.89. The molecular weight excluding hydrogens is 296 g/mol. The molecule has 0 unspecified atom stereocenters. The van der Waals surface area contributed by atoms with Crippen molar-refractivity contribution >= 4 is 21.4 Å². The Labute approximate surface area is 122 Å². The predicted octanol–water partition coefficient (Wildman–Crippen LogP) is 1.29. The second-order valence-corrected chi connectivity index (χ2v) is 7.55. The first-order chi connectivity index (χ1) is 9.44. The maximum absolute atomic E-state index is 12.3. The average Bonchev–Trinajstić information content (AvgIpc) is 2.96. The van der Waals surface area contributed by atoms with E-state index >= 15 is 0 Å². The minimum Gasteiger partial charge on any atom is -0.316 e. The summed E-state index contributed by atoms with van der Waals surface area (Å²) >= 11 is 1.58. The summed E-state index contributed by atoms with van der Waals surface area (Å²) in [5.41, 5.74) is 1.43. The molecule has 2 aromatic rings. The third-order valence-corrected chi connectivity index (χ3v) is 5.25. The maximum Gasteiger partial charge on any atom is 0.260 e. The van der Waals surface area contributed by atoms with E-state index in [9.17, 15) is 8.42 Å². The van der Waals surface area contributed by atoms with Crippen molar-refractivity contribution in [2.45, 2.75) is 32.0 Å². The number of nitrogens with zero attached hydrogens (tertiary/aromatic N) is 1. The molecule has 0 saturated carbocycles. The number of H-pyrrole nitrogens is 1. The van der Waals surface area contributed by atoms with Crippen molar-refractivity contribution in [3.05, 3.63) is 33.1 Å². The summed E-state index contributed by atoms with van der Waals surface area (Å²) in [6.07, 6.45) is 0. The van der Waals surface area contributed by atoms with E-state index < -0.39 is 10.0 Å². The fourth-order valence-electron chi connectivity index (χ4n) is 1.85. The molecule has 110 valence electrons. The lowest BCUT2D eigenvalue weighted by Gasteiger charge is -2.06. The summed E-state index contributed by atoms with van der Waals surface area (Å²) in [7, 11) is -1.84. The number of aromatic nitrogens is 2. The first-order valence-corrected chi connectivity index (χ1v) is 8.47. The largest absolute Gasteiger partial charge is 0.316 e. The van der Waals surface area contributed by atoms with E-state index in [1.165, 1.54) is 0 Å². The van der Waals surface area contributed by atoms with E-state index in [0.29, 0.717) is 12.1 Å². The van der Waals surface area contributed by atoms with Crippen LogP contribution in [0, 0.1) is 13.8 Å². The molecule has 0 aliphatic carbocycles. The minimum atomic E-state index is -3.61. The standard InChI is InChI=1S/C12H18N4O2S2/c1-8-4-5-10(19-8)6-14-20(17,18)12-11(7-13-3)9(2)15-16-12/h4-5,13-14H,6-7H2,1-3H3,(H,15,16). The number of hydrogen-bond donors (Lipinski definition) is 3. The van der Waals surface area contributed by atoms with E-state index in [-0.39, 0.29) is 11.6 Å². The Kier molecular flexibility index (Phi) is 4.59. The fraction of sp³-hybridized carbons (Fsp3) is 0.417. The van der Waals surface area contributed by atoms with Gasteiger partial charge in [0, 0.05) is 34.1 Å². The van der Waals surface area contributed by atoms with E-state index in [1.54, 1.807) is 25.3 Å². The third-order valence-electron chi connectivity index (χ3n) is 2.88. The Balaban J connectivity index is 2.18. The van der Waals surface area contributed by atoms with Crippen LogP contribution in [0.25, 0.3) is 0 Å². The van der Waals surface area contributed by atoms with Crippen LogP contribution in [-0.4, -0.2) is 25.7 Å². The van der Waals surface area contributed by atoms with Crippen LogP contribution < -0.4 is 10.0 Å². The topological polar surface area (TPSA) is 86.9 Å². The molecule has 0 aliphatic heterocycles. The molecule has 0 spiro atoms. The molecule has 0 radical (unpaired) electrons. The Hall–Kier alpha value is -1.22. The highest BCUT2D eigenvalue weighted by atomic mass is 32.2. The van der Waals surface area contributed by atoms with Gasteiger partial charge in [0.05, 0.1) is 0 Å². The van der Waals surface area contributed by atoms with E-state index in [4.69, 9.17) is 0 Å². The SMILES string of the molecule is CNCc1c(S(=O)(=O)NCc2ccc(C)s2)n[nH]c1C. The molecule has 0 fully saturated rings. The maximum atomic E-state index is 12.3. The molecule has 2 heterocycles. The number of rotatable bonds is 6. The second kappa shape index (κ2) is 6.04. The van der Waals surface area contributed by atoms with Gasteiger partial charge in [0.15, 0.2) is 5.03 Å². The van der Waals surface area contributed by atoms with Crippen molar-refractivity contribution in [2.24, 2.45) is 0 Å². The van der Waals surface area contributed by atoms with Crippen LogP contribution in [0.4, 0.5) is 0 Å². The Bertz CT molecular complexity index is 688. The summed E-state index contributed by atoms with van der Waals surface area (Å²) in [5.74, 6) is 0. The number of thiophene rings is 1. The number of aromatic amines is 1. The quantitative estimate of drug-likeness (QED) is 0.750. The molecule has 0 aliphatic rings. The molecule has 20 heavy (non-hydrogen) atoms. The number of sulfonamides is 1. The smallest absolute Gasteiger partial charge is 0.260 e. The van der Waals surface area contributed by atoms with Gasteiger partial charge < -0.3 is 5.32 Å². The predicted molar refractivity (Wildman–Crippen MR) is 79.2 cm³/mol. The van der Waals surface area contributed by atoms with Gasteiger partial charge in [-0.2, -0.15) is 5.10 Å². The molecule has 6 nitrogen and oxygen atoms in total. The van der Waals surface area contributed by atoms with Crippen LogP contribution in [0.2, 0.25) is 0 Å². The van der Waals surface area contributed by atoms with Crippen molar-refractivity contribution in [3.8, 4) is 0 Å². The van der Waals surface area contributed by atoms with Crippen molar-refractivity contribution in [1.29, 1.82) is 0 Å². The first-order valence-electron chi connectivity index (χ1n) is 6.17. The average molecular weight is 314 g/mol. The van der Waals surface area contributed by atoms with Crippen LogP contribution in [0.5, 0.6) is 0 Å². The molecular formula is C12H18N4O2S2. The normalized spacial score (nSPS) is 11.9. The van der Waals surface area contributed by atoms with Crippen molar-refractivity contribution in [3.63, 3.8) is 0 Å². The molecule has 0 saturated heterocycles. The molecule has 0 amide bonds. The van der Waals surface area contributed by atoms with Crippen LogP contribution in [-0.2, 0) is 23.1 Å². The van der Waals surface area contributed by atoms with Gasteiger partial charge in [-0.25, -0.2) is 13.1 Å². The van der Waals surface area contributed by atoms with Gasteiger partial charge in [-0.05, 0) is 33.0 Å². The van der Waals surface area contributed by atoms with Crippen LogP contribution >= 0.6 is 11.3 Å². The lowest BCUT2D eigenvalue weighted by molar-refractivity contribution is 0.575. The Morgan fingerprint density at radius 1 is 1.30 bits per heavy atom. The zero-order chi connectivity index (χ0) is 14.8. The summed E-state index contributed by atoms with van der Waals surface area (Å²) < 4.78 is 27.2. The van der Waals surface area contributed by atoms with Crippen molar-refractivity contribution < 1.29 is 8.42 Å². The molecule has 8 heteroatoms. The molecule has 0 atom stereocenters. The molecule has 0 bridgehead atoms.